The average molecular weight is 141 g/mol. The number of rotatable bonds is 1. The van der Waals surface area contributed by atoms with E-state index in [4.69, 9.17) is 0 Å². The van der Waals surface area contributed by atoms with Crippen LogP contribution in [0.4, 0.5) is 0 Å². The maximum atomic E-state index is 4.50. The summed E-state index contributed by atoms with van der Waals surface area (Å²) in [4.78, 5) is 0. The highest BCUT2D eigenvalue weighted by atomic mass is 14.4. The summed E-state index contributed by atoms with van der Waals surface area (Å²) in [6.45, 7) is 12.1. The van der Waals surface area contributed by atoms with Crippen LogP contribution in [0.15, 0.2) is 23.3 Å². The summed E-state index contributed by atoms with van der Waals surface area (Å²) < 4.78 is 0. The van der Waals surface area contributed by atoms with Gasteiger partial charge in [-0.3, -0.25) is 0 Å². The van der Waals surface area contributed by atoms with E-state index in [1.165, 1.54) is 23.8 Å². The number of nitrogens with two attached hydrogens (primary N) is 1. The van der Waals surface area contributed by atoms with Gasteiger partial charge >= 0.3 is 0 Å². The van der Waals surface area contributed by atoms with E-state index >= 15 is 0 Å². The van der Waals surface area contributed by atoms with Gasteiger partial charge in [-0.2, -0.15) is 0 Å². The smallest absolute Gasteiger partial charge is 0.0195 e. The molecule has 0 unspecified atom stereocenters. The van der Waals surface area contributed by atoms with Crippen molar-refractivity contribution in [3.8, 4) is 0 Å². The minimum absolute atomic E-state index is 1.17. The molecule has 0 heterocycles. The van der Waals surface area contributed by atoms with Crippen molar-refractivity contribution < 1.29 is 0 Å². The van der Waals surface area contributed by atoms with Crippen molar-refractivity contribution in [1.29, 1.82) is 0 Å². The zero-order valence-corrected chi connectivity index (χ0v) is 7.78. The van der Waals surface area contributed by atoms with Gasteiger partial charge in [0.05, 0.1) is 0 Å². The highest BCUT2D eigenvalue weighted by Gasteiger charge is 1.88. The van der Waals surface area contributed by atoms with E-state index in [0.29, 0.717) is 0 Å². The molecule has 0 saturated heterocycles. The summed E-state index contributed by atoms with van der Waals surface area (Å²) in [6.07, 6.45) is 0. The average Bonchev–Trinajstić information content (AvgIpc) is 1.90. The summed E-state index contributed by atoms with van der Waals surface area (Å²) in [5.41, 5.74) is 8.35. The van der Waals surface area contributed by atoms with Crippen LogP contribution in [0, 0.1) is 0 Å². The molecule has 0 fully saturated rings. The van der Waals surface area contributed by atoms with Crippen molar-refractivity contribution in [3.63, 3.8) is 0 Å². The maximum Gasteiger partial charge on any atom is -0.0195 e. The van der Waals surface area contributed by atoms with Gasteiger partial charge in [-0.05, 0) is 34.7 Å². The molecule has 10 heavy (non-hydrogen) atoms. The Morgan fingerprint density at radius 3 is 1.30 bits per heavy atom. The number of hydrogen-bond acceptors (Lipinski definition) is 1. The Hall–Kier alpha value is -0.560. The number of allylic oxidation sites excluding steroid dienone is 3. The molecule has 0 aliphatic rings. The Morgan fingerprint density at radius 1 is 1.00 bits per heavy atom. The van der Waals surface area contributed by atoms with Crippen LogP contribution in [-0.2, 0) is 0 Å². The SMILES string of the molecule is C=C(C)C(C)=C(C)C.CN. The van der Waals surface area contributed by atoms with Gasteiger partial charge in [-0.25, -0.2) is 0 Å². The molecule has 0 amide bonds. The van der Waals surface area contributed by atoms with Crippen LogP contribution >= 0.6 is 0 Å². The lowest BCUT2D eigenvalue weighted by atomic mass is 10.1. The lowest BCUT2D eigenvalue weighted by Gasteiger charge is -1.99. The molecular weight excluding hydrogens is 122 g/mol. The molecule has 0 aliphatic heterocycles. The molecule has 0 bridgehead atoms. The van der Waals surface area contributed by atoms with E-state index in [9.17, 15) is 0 Å². The predicted molar refractivity (Wildman–Crippen MR) is 49.0 cm³/mol. The first-order chi connectivity index (χ1) is 4.55. The molecule has 60 valence electrons. The first-order valence-corrected chi connectivity index (χ1v) is 3.43. The van der Waals surface area contributed by atoms with Gasteiger partial charge in [-0.15, -0.1) is 0 Å². The standard InChI is InChI=1S/C8H14.CH5N/c1-6(2)8(5)7(3)4;1-2/h1H2,2-5H3;2H2,1H3. The van der Waals surface area contributed by atoms with Crippen LogP contribution in [0.1, 0.15) is 27.7 Å². The summed E-state index contributed by atoms with van der Waals surface area (Å²) in [6, 6.07) is 0. The van der Waals surface area contributed by atoms with E-state index in [0.717, 1.165) is 0 Å². The topological polar surface area (TPSA) is 26.0 Å². The van der Waals surface area contributed by atoms with Crippen molar-refractivity contribution in [2.75, 3.05) is 7.05 Å². The van der Waals surface area contributed by atoms with Crippen molar-refractivity contribution >= 4 is 0 Å². The minimum Gasteiger partial charge on any atom is -0.333 e. The second-order valence-electron chi connectivity index (χ2n) is 2.41. The van der Waals surface area contributed by atoms with Crippen molar-refractivity contribution in [2.24, 2.45) is 5.73 Å². The third-order valence-corrected chi connectivity index (χ3v) is 1.39. The summed E-state index contributed by atoms with van der Waals surface area (Å²) >= 11 is 0. The van der Waals surface area contributed by atoms with E-state index in [1.807, 2.05) is 6.92 Å². The van der Waals surface area contributed by atoms with Crippen LogP contribution < -0.4 is 5.73 Å². The second kappa shape index (κ2) is 6.56. The van der Waals surface area contributed by atoms with Crippen molar-refractivity contribution in [1.82, 2.24) is 0 Å². The minimum atomic E-state index is 1.17. The molecule has 1 nitrogen and oxygen atoms in total. The molecule has 0 aliphatic carbocycles. The van der Waals surface area contributed by atoms with Crippen LogP contribution in [0.25, 0.3) is 0 Å². The maximum absolute atomic E-state index is 4.50. The highest BCUT2D eigenvalue weighted by Crippen LogP contribution is 2.09. The first kappa shape index (κ1) is 12.1. The van der Waals surface area contributed by atoms with Gasteiger partial charge in [0.15, 0.2) is 0 Å². The lowest BCUT2D eigenvalue weighted by molar-refractivity contribution is 1.23. The van der Waals surface area contributed by atoms with Crippen LogP contribution in [0.2, 0.25) is 0 Å². The van der Waals surface area contributed by atoms with Gasteiger partial charge in [0, 0.05) is 0 Å². The Kier molecular flexibility index (Phi) is 7.97. The van der Waals surface area contributed by atoms with Crippen molar-refractivity contribution in [2.45, 2.75) is 27.7 Å². The second-order valence-corrected chi connectivity index (χ2v) is 2.41. The van der Waals surface area contributed by atoms with Crippen LogP contribution in [0.5, 0.6) is 0 Å². The molecule has 0 aromatic rings. The van der Waals surface area contributed by atoms with Gasteiger partial charge < -0.3 is 5.73 Å². The van der Waals surface area contributed by atoms with Gasteiger partial charge in [0.2, 0.25) is 0 Å². The Bertz CT molecular complexity index is 128. The zero-order valence-electron chi connectivity index (χ0n) is 7.78. The van der Waals surface area contributed by atoms with Gasteiger partial charge in [0.1, 0.15) is 0 Å². The molecule has 0 atom stereocenters. The third kappa shape index (κ3) is 5.57. The van der Waals surface area contributed by atoms with Crippen LogP contribution in [0.3, 0.4) is 0 Å². The fourth-order valence-electron chi connectivity index (χ4n) is 0.427. The molecule has 0 aromatic carbocycles. The molecule has 0 rings (SSSR count). The zero-order chi connectivity index (χ0) is 8.73. The predicted octanol–water partition coefficient (Wildman–Crippen LogP) is 2.49. The molecule has 2 N–H and O–H groups in total. The third-order valence-electron chi connectivity index (χ3n) is 1.39. The molecular formula is C9H19N. The quantitative estimate of drug-likeness (QED) is 0.558. The number of hydrogen-bond donors (Lipinski definition) is 1. The lowest BCUT2D eigenvalue weighted by Crippen LogP contribution is -1.78. The van der Waals surface area contributed by atoms with Crippen LogP contribution in [-0.4, -0.2) is 7.05 Å². The monoisotopic (exact) mass is 141 g/mol. The largest absolute Gasteiger partial charge is 0.333 e. The fraction of sp³-hybridized carbons (Fsp3) is 0.556. The summed E-state index contributed by atoms with van der Waals surface area (Å²) in [5, 5.41) is 0. The van der Waals surface area contributed by atoms with Gasteiger partial charge in [-0.1, -0.05) is 23.3 Å². The van der Waals surface area contributed by atoms with Gasteiger partial charge in [0.25, 0.3) is 0 Å². The molecule has 0 aromatic heterocycles. The highest BCUT2D eigenvalue weighted by molar-refractivity contribution is 5.27. The summed E-state index contributed by atoms with van der Waals surface area (Å²) in [5.74, 6) is 0. The van der Waals surface area contributed by atoms with E-state index in [2.05, 4.69) is 33.1 Å². The normalized spacial score (nSPS) is 7.40. The molecule has 0 saturated carbocycles. The van der Waals surface area contributed by atoms with E-state index < -0.39 is 0 Å². The Labute approximate surface area is 64.6 Å². The van der Waals surface area contributed by atoms with E-state index in [1.54, 1.807) is 0 Å². The Balaban J connectivity index is 0. The van der Waals surface area contributed by atoms with Crippen molar-refractivity contribution in [3.05, 3.63) is 23.3 Å². The fourth-order valence-corrected chi connectivity index (χ4v) is 0.427. The molecule has 1 heteroatoms. The molecule has 0 spiro atoms. The Morgan fingerprint density at radius 2 is 1.30 bits per heavy atom. The molecule has 0 radical (unpaired) electrons. The first-order valence-electron chi connectivity index (χ1n) is 3.43. The van der Waals surface area contributed by atoms with E-state index in [-0.39, 0.29) is 0 Å². The summed E-state index contributed by atoms with van der Waals surface area (Å²) in [7, 11) is 1.50.